The van der Waals surface area contributed by atoms with Crippen molar-refractivity contribution in [1.82, 2.24) is 10.2 Å². The Morgan fingerprint density at radius 3 is 2.58 bits per heavy atom. The zero-order chi connectivity index (χ0) is 17.7. The molecular formula is C18H27N3O3. The first kappa shape index (κ1) is 18.4. The van der Waals surface area contributed by atoms with Crippen LogP contribution in [0.4, 0.5) is 5.69 Å². The smallest absolute Gasteiger partial charge is 0.272 e. The van der Waals surface area contributed by atoms with Gasteiger partial charge in [-0.25, -0.2) is 0 Å². The highest BCUT2D eigenvalue weighted by Gasteiger charge is 2.21. The van der Waals surface area contributed by atoms with E-state index in [2.05, 4.69) is 24.1 Å². The Morgan fingerprint density at radius 2 is 2.00 bits per heavy atom. The molecule has 1 aromatic carbocycles. The molecular weight excluding hydrogens is 306 g/mol. The van der Waals surface area contributed by atoms with E-state index >= 15 is 0 Å². The molecule has 1 amide bonds. The molecule has 6 heteroatoms. The average molecular weight is 333 g/mol. The van der Waals surface area contributed by atoms with Gasteiger partial charge in [-0.1, -0.05) is 13.8 Å². The molecule has 1 fully saturated rings. The average Bonchev–Trinajstić information content (AvgIpc) is 2.50. The first-order valence-electron chi connectivity index (χ1n) is 8.62. The number of rotatable bonds is 6. The number of hydrogen-bond acceptors (Lipinski definition) is 4. The van der Waals surface area contributed by atoms with E-state index < -0.39 is 4.92 Å². The van der Waals surface area contributed by atoms with Gasteiger partial charge in [0.2, 0.25) is 0 Å². The predicted molar refractivity (Wildman–Crippen MR) is 94.2 cm³/mol. The third-order valence-corrected chi connectivity index (χ3v) is 4.54. The minimum atomic E-state index is -0.433. The molecule has 2 rings (SSSR count). The van der Waals surface area contributed by atoms with E-state index in [1.165, 1.54) is 18.6 Å². The Hall–Kier alpha value is -1.95. The number of aryl methyl sites for hydroxylation is 1. The summed E-state index contributed by atoms with van der Waals surface area (Å²) < 4.78 is 0. The summed E-state index contributed by atoms with van der Waals surface area (Å²) in [6.07, 6.45) is 2.21. The first-order chi connectivity index (χ1) is 11.4. The highest BCUT2D eigenvalue weighted by molar-refractivity contribution is 5.94. The van der Waals surface area contributed by atoms with E-state index in [0.717, 1.165) is 37.9 Å². The van der Waals surface area contributed by atoms with Gasteiger partial charge in [0.25, 0.3) is 11.6 Å². The lowest BCUT2D eigenvalue weighted by Gasteiger charge is -2.34. The molecule has 0 bridgehead atoms. The fourth-order valence-electron chi connectivity index (χ4n) is 3.58. The summed E-state index contributed by atoms with van der Waals surface area (Å²) >= 11 is 0. The monoisotopic (exact) mass is 333 g/mol. The molecule has 0 spiro atoms. The van der Waals surface area contributed by atoms with Gasteiger partial charge in [-0.05, 0) is 50.3 Å². The molecule has 1 saturated heterocycles. The van der Waals surface area contributed by atoms with E-state index in [-0.39, 0.29) is 11.6 Å². The molecule has 0 unspecified atom stereocenters. The van der Waals surface area contributed by atoms with Gasteiger partial charge in [0, 0.05) is 36.8 Å². The Kier molecular flexibility index (Phi) is 6.31. The number of nitro groups is 1. The largest absolute Gasteiger partial charge is 0.352 e. The highest BCUT2D eigenvalue weighted by Crippen LogP contribution is 2.21. The van der Waals surface area contributed by atoms with Crippen molar-refractivity contribution in [3.63, 3.8) is 0 Å². The summed E-state index contributed by atoms with van der Waals surface area (Å²) in [6.45, 7) is 10.1. The van der Waals surface area contributed by atoms with Crippen LogP contribution in [0.25, 0.3) is 0 Å². The van der Waals surface area contributed by atoms with Crippen LogP contribution in [0, 0.1) is 28.9 Å². The van der Waals surface area contributed by atoms with Gasteiger partial charge in [0.1, 0.15) is 0 Å². The molecule has 1 aliphatic rings. The van der Waals surface area contributed by atoms with Crippen LogP contribution >= 0.6 is 0 Å². The Balaban J connectivity index is 1.77. The highest BCUT2D eigenvalue weighted by atomic mass is 16.6. The molecule has 24 heavy (non-hydrogen) atoms. The second-order valence-electron chi connectivity index (χ2n) is 7.07. The van der Waals surface area contributed by atoms with Crippen LogP contribution in [0.2, 0.25) is 0 Å². The number of hydrogen-bond donors (Lipinski definition) is 1. The third-order valence-electron chi connectivity index (χ3n) is 4.54. The Labute approximate surface area is 143 Å². The maximum atomic E-state index is 12.1. The van der Waals surface area contributed by atoms with Crippen molar-refractivity contribution < 1.29 is 9.72 Å². The number of likely N-dealkylation sites (tertiary alicyclic amines) is 1. The van der Waals surface area contributed by atoms with Crippen LogP contribution in [0.1, 0.15) is 42.6 Å². The lowest BCUT2D eigenvalue weighted by molar-refractivity contribution is -0.385. The third kappa shape index (κ3) is 5.03. The summed E-state index contributed by atoms with van der Waals surface area (Å²) in [5.74, 6) is 1.31. The van der Waals surface area contributed by atoms with Gasteiger partial charge in [-0.15, -0.1) is 0 Å². The van der Waals surface area contributed by atoms with Crippen molar-refractivity contribution in [2.45, 2.75) is 33.6 Å². The quantitative estimate of drug-likeness (QED) is 0.493. The molecule has 6 nitrogen and oxygen atoms in total. The summed E-state index contributed by atoms with van der Waals surface area (Å²) in [5, 5.41) is 13.7. The molecule has 1 heterocycles. The van der Waals surface area contributed by atoms with Gasteiger partial charge >= 0.3 is 0 Å². The minimum absolute atomic E-state index is 0.0416. The summed E-state index contributed by atoms with van der Waals surface area (Å²) in [4.78, 5) is 25.0. The van der Waals surface area contributed by atoms with Crippen molar-refractivity contribution in [3.05, 3.63) is 39.4 Å². The zero-order valence-electron chi connectivity index (χ0n) is 14.7. The topological polar surface area (TPSA) is 75.5 Å². The maximum Gasteiger partial charge on any atom is 0.272 e. The van der Waals surface area contributed by atoms with E-state index in [1.54, 1.807) is 13.0 Å². The van der Waals surface area contributed by atoms with Crippen LogP contribution < -0.4 is 5.32 Å². The van der Waals surface area contributed by atoms with Gasteiger partial charge in [0.05, 0.1) is 4.92 Å². The van der Waals surface area contributed by atoms with Gasteiger partial charge in [-0.2, -0.15) is 0 Å². The summed E-state index contributed by atoms with van der Waals surface area (Å²) in [5.41, 5.74) is 1.02. The number of nitro benzene ring substituents is 1. The van der Waals surface area contributed by atoms with Crippen LogP contribution in [0.15, 0.2) is 18.2 Å². The van der Waals surface area contributed by atoms with Crippen LogP contribution in [-0.2, 0) is 0 Å². The number of nitrogens with zero attached hydrogens (tertiary/aromatic N) is 2. The van der Waals surface area contributed by atoms with Crippen LogP contribution in [0.5, 0.6) is 0 Å². The normalized spacial score (nSPS) is 21.5. The SMILES string of the molecule is Cc1cc(C(=O)NCCCN2C[C@H](C)C[C@H](C)C2)ccc1[N+](=O)[O-]. The number of carbonyl (C=O) groups excluding carboxylic acids is 1. The molecule has 0 aliphatic carbocycles. The summed E-state index contributed by atoms with van der Waals surface area (Å²) in [7, 11) is 0. The van der Waals surface area contributed by atoms with Crippen molar-refractivity contribution in [2.75, 3.05) is 26.2 Å². The van der Waals surface area contributed by atoms with Crippen LogP contribution in [-0.4, -0.2) is 41.9 Å². The van der Waals surface area contributed by atoms with Crippen molar-refractivity contribution >= 4 is 11.6 Å². The fourth-order valence-corrected chi connectivity index (χ4v) is 3.58. The minimum Gasteiger partial charge on any atom is -0.352 e. The zero-order valence-corrected chi connectivity index (χ0v) is 14.7. The number of benzene rings is 1. The lowest BCUT2D eigenvalue weighted by atomic mass is 9.92. The fraction of sp³-hybridized carbons (Fsp3) is 0.611. The molecule has 1 aromatic rings. The first-order valence-corrected chi connectivity index (χ1v) is 8.62. The van der Waals surface area contributed by atoms with Crippen molar-refractivity contribution in [3.8, 4) is 0 Å². The molecule has 0 aromatic heterocycles. The van der Waals surface area contributed by atoms with E-state index in [4.69, 9.17) is 0 Å². The van der Waals surface area contributed by atoms with E-state index in [0.29, 0.717) is 17.7 Å². The Bertz CT molecular complexity index is 593. The molecule has 0 saturated carbocycles. The molecule has 0 radical (unpaired) electrons. The number of piperidine rings is 1. The number of amides is 1. The van der Waals surface area contributed by atoms with E-state index in [1.807, 2.05) is 0 Å². The standard InChI is InChI=1S/C18H27N3O3/c1-13-9-14(2)12-20(11-13)8-4-7-19-18(22)16-5-6-17(21(23)24)15(3)10-16/h5-6,10,13-14H,4,7-9,11-12H2,1-3H3,(H,19,22)/t13-,14+. The molecule has 1 N–H and O–H groups in total. The molecule has 1 aliphatic heterocycles. The molecule has 132 valence electrons. The second kappa shape index (κ2) is 8.24. The van der Waals surface area contributed by atoms with Crippen molar-refractivity contribution in [1.29, 1.82) is 0 Å². The van der Waals surface area contributed by atoms with E-state index in [9.17, 15) is 14.9 Å². The number of carbonyl (C=O) groups is 1. The lowest BCUT2D eigenvalue weighted by Crippen LogP contribution is -2.40. The van der Waals surface area contributed by atoms with Gasteiger partial charge in [0.15, 0.2) is 0 Å². The molecule has 2 atom stereocenters. The van der Waals surface area contributed by atoms with Gasteiger partial charge < -0.3 is 10.2 Å². The van der Waals surface area contributed by atoms with Crippen LogP contribution in [0.3, 0.4) is 0 Å². The predicted octanol–water partition coefficient (Wildman–Crippen LogP) is 3.00. The second-order valence-corrected chi connectivity index (χ2v) is 7.07. The number of nitrogens with one attached hydrogen (secondary N) is 1. The summed E-state index contributed by atoms with van der Waals surface area (Å²) in [6, 6.07) is 4.47. The van der Waals surface area contributed by atoms with Crippen molar-refractivity contribution in [2.24, 2.45) is 11.8 Å². The Morgan fingerprint density at radius 1 is 1.33 bits per heavy atom. The van der Waals surface area contributed by atoms with Gasteiger partial charge in [-0.3, -0.25) is 14.9 Å². The maximum absolute atomic E-state index is 12.1.